The van der Waals surface area contributed by atoms with Crippen LogP contribution < -0.4 is 15.8 Å². The molecular formula is C21H27ClN4O2. The standard InChI is InChI=1S/C21H27ClN4O2/c1-15-4-3-5-16(12-15)19(26-8-10-28-11-9-26)14-24-21(23)25-17-6-7-20(27-2)18(22)13-17/h3-7,12-13,19H,8-11,14H2,1-2H3,(H3,23,24,25). The molecule has 6 nitrogen and oxygen atoms in total. The molecule has 0 radical (unpaired) electrons. The molecular weight excluding hydrogens is 376 g/mol. The first-order valence-corrected chi connectivity index (χ1v) is 9.73. The van der Waals surface area contributed by atoms with Gasteiger partial charge in [-0.3, -0.25) is 9.89 Å². The van der Waals surface area contributed by atoms with Gasteiger partial charge in [0.2, 0.25) is 0 Å². The maximum absolute atomic E-state index is 6.17. The van der Waals surface area contributed by atoms with Crippen LogP contribution in [-0.4, -0.2) is 50.8 Å². The van der Waals surface area contributed by atoms with Gasteiger partial charge in [-0.25, -0.2) is 0 Å². The molecule has 1 saturated heterocycles. The summed E-state index contributed by atoms with van der Waals surface area (Å²) in [4.78, 5) is 7.00. The fraction of sp³-hybridized carbons (Fsp3) is 0.381. The molecule has 1 aliphatic heterocycles. The van der Waals surface area contributed by atoms with Crippen LogP contribution in [0, 0.1) is 6.92 Å². The molecule has 7 heteroatoms. The summed E-state index contributed by atoms with van der Waals surface area (Å²) in [6.45, 7) is 5.91. The van der Waals surface area contributed by atoms with Crippen LogP contribution >= 0.6 is 11.6 Å². The first-order valence-electron chi connectivity index (χ1n) is 9.35. The van der Waals surface area contributed by atoms with Gasteiger partial charge in [-0.2, -0.15) is 0 Å². The molecule has 0 spiro atoms. The number of benzene rings is 2. The Labute approximate surface area is 171 Å². The third-order valence-electron chi connectivity index (χ3n) is 4.77. The monoisotopic (exact) mass is 402 g/mol. The summed E-state index contributed by atoms with van der Waals surface area (Å²) in [6, 6.07) is 14.1. The summed E-state index contributed by atoms with van der Waals surface area (Å²) < 4.78 is 10.7. The minimum Gasteiger partial charge on any atom is -0.495 e. The molecule has 2 aromatic rings. The number of hydrogen-bond donors (Lipinski definition) is 2. The molecule has 3 N–H and O–H groups in total. The van der Waals surface area contributed by atoms with Gasteiger partial charge in [0.25, 0.3) is 0 Å². The number of halogens is 1. The number of guanidine groups is 1. The second-order valence-electron chi connectivity index (χ2n) is 6.78. The van der Waals surface area contributed by atoms with E-state index in [0.29, 0.717) is 23.3 Å². The van der Waals surface area contributed by atoms with Crippen LogP contribution in [0.3, 0.4) is 0 Å². The zero-order chi connectivity index (χ0) is 19.9. The number of morpholine rings is 1. The van der Waals surface area contributed by atoms with Crippen LogP contribution in [0.2, 0.25) is 5.02 Å². The van der Waals surface area contributed by atoms with E-state index < -0.39 is 0 Å². The smallest absolute Gasteiger partial charge is 0.193 e. The molecule has 2 aromatic carbocycles. The van der Waals surface area contributed by atoms with E-state index in [9.17, 15) is 0 Å². The summed E-state index contributed by atoms with van der Waals surface area (Å²) >= 11 is 6.17. The number of anilines is 1. The van der Waals surface area contributed by atoms with E-state index in [0.717, 1.165) is 32.0 Å². The Morgan fingerprint density at radius 3 is 2.75 bits per heavy atom. The number of rotatable bonds is 6. The summed E-state index contributed by atoms with van der Waals surface area (Å²) in [5.74, 6) is 0.974. The Morgan fingerprint density at radius 2 is 2.07 bits per heavy atom. The molecule has 0 bridgehead atoms. The molecule has 1 aliphatic rings. The predicted molar refractivity (Wildman–Crippen MR) is 114 cm³/mol. The molecule has 0 aliphatic carbocycles. The van der Waals surface area contributed by atoms with Crippen molar-refractivity contribution in [2.45, 2.75) is 13.0 Å². The molecule has 0 aromatic heterocycles. The molecule has 1 atom stereocenters. The Morgan fingerprint density at radius 1 is 1.29 bits per heavy atom. The fourth-order valence-corrected chi connectivity index (χ4v) is 3.57. The van der Waals surface area contributed by atoms with E-state index >= 15 is 0 Å². The van der Waals surface area contributed by atoms with Crippen molar-refractivity contribution in [2.75, 3.05) is 45.3 Å². The van der Waals surface area contributed by atoms with Crippen molar-refractivity contribution in [3.8, 4) is 5.75 Å². The zero-order valence-electron chi connectivity index (χ0n) is 16.3. The van der Waals surface area contributed by atoms with Crippen molar-refractivity contribution in [1.82, 2.24) is 4.90 Å². The Kier molecular flexibility index (Phi) is 7.14. The number of nitrogens with zero attached hydrogens (tertiary/aromatic N) is 2. The largest absolute Gasteiger partial charge is 0.495 e. The van der Waals surface area contributed by atoms with E-state index in [1.807, 2.05) is 6.07 Å². The molecule has 1 heterocycles. The van der Waals surface area contributed by atoms with Crippen molar-refractivity contribution in [3.05, 3.63) is 58.6 Å². The third kappa shape index (κ3) is 5.38. The zero-order valence-corrected chi connectivity index (χ0v) is 17.1. The SMILES string of the molecule is COc1ccc(NC(N)=NCC(c2cccc(C)c2)N2CCOCC2)cc1Cl. The first-order chi connectivity index (χ1) is 13.6. The first kappa shape index (κ1) is 20.5. The van der Waals surface area contributed by atoms with Crippen molar-refractivity contribution in [1.29, 1.82) is 0 Å². The molecule has 0 saturated carbocycles. The van der Waals surface area contributed by atoms with Gasteiger partial charge in [0.05, 0.1) is 37.9 Å². The minimum atomic E-state index is 0.156. The molecule has 1 unspecified atom stereocenters. The van der Waals surface area contributed by atoms with Gasteiger partial charge in [-0.05, 0) is 30.7 Å². The molecule has 28 heavy (non-hydrogen) atoms. The van der Waals surface area contributed by atoms with E-state index in [4.69, 9.17) is 26.8 Å². The van der Waals surface area contributed by atoms with Crippen LogP contribution in [0.1, 0.15) is 17.2 Å². The lowest BCUT2D eigenvalue weighted by Crippen LogP contribution is -2.40. The number of nitrogens with two attached hydrogens (primary N) is 1. The maximum atomic E-state index is 6.17. The van der Waals surface area contributed by atoms with E-state index in [1.165, 1.54) is 11.1 Å². The highest BCUT2D eigenvalue weighted by atomic mass is 35.5. The van der Waals surface area contributed by atoms with Crippen LogP contribution in [0.4, 0.5) is 5.69 Å². The number of methoxy groups -OCH3 is 1. The number of hydrogen-bond acceptors (Lipinski definition) is 4. The molecule has 3 rings (SSSR count). The highest BCUT2D eigenvalue weighted by Gasteiger charge is 2.22. The van der Waals surface area contributed by atoms with Crippen molar-refractivity contribution in [2.24, 2.45) is 10.7 Å². The van der Waals surface area contributed by atoms with Gasteiger partial charge in [0, 0.05) is 18.8 Å². The van der Waals surface area contributed by atoms with Crippen LogP contribution in [0.15, 0.2) is 47.5 Å². The normalized spacial score (nSPS) is 16.6. The number of aliphatic imine (C=N–C) groups is 1. The van der Waals surface area contributed by atoms with Crippen molar-refractivity contribution < 1.29 is 9.47 Å². The molecule has 150 valence electrons. The minimum absolute atomic E-state index is 0.156. The average Bonchev–Trinajstić information content (AvgIpc) is 2.69. The van der Waals surface area contributed by atoms with Gasteiger partial charge in [0.15, 0.2) is 5.96 Å². The second kappa shape index (κ2) is 9.78. The average molecular weight is 403 g/mol. The molecule has 1 fully saturated rings. The number of aryl methyl sites for hydroxylation is 1. The number of nitrogens with one attached hydrogen (secondary N) is 1. The third-order valence-corrected chi connectivity index (χ3v) is 5.07. The van der Waals surface area contributed by atoms with Gasteiger partial charge in [-0.15, -0.1) is 0 Å². The van der Waals surface area contributed by atoms with E-state index in [2.05, 4.69) is 46.4 Å². The van der Waals surface area contributed by atoms with Crippen molar-refractivity contribution >= 4 is 23.2 Å². The quantitative estimate of drug-likeness (QED) is 0.572. The van der Waals surface area contributed by atoms with E-state index in [-0.39, 0.29) is 6.04 Å². The lowest BCUT2D eigenvalue weighted by Gasteiger charge is -2.34. The van der Waals surface area contributed by atoms with Crippen LogP contribution in [0.25, 0.3) is 0 Å². The Bertz CT molecular complexity index is 822. The van der Waals surface area contributed by atoms with Gasteiger partial charge in [0.1, 0.15) is 5.75 Å². The van der Waals surface area contributed by atoms with Crippen LogP contribution in [-0.2, 0) is 4.74 Å². The predicted octanol–water partition coefficient (Wildman–Crippen LogP) is 3.46. The van der Waals surface area contributed by atoms with Gasteiger partial charge >= 0.3 is 0 Å². The van der Waals surface area contributed by atoms with Crippen molar-refractivity contribution in [3.63, 3.8) is 0 Å². The summed E-state index contributed by atoms with van der Waals surface area (Å²) in [7, 11) is 1.58. The maximum Gasteiger partial charge on any atom is 0.193 e. The Hall–Kier alpha value is -2.28. The summed E-state index contributed by atoms with van der Waals surface area (Å²) in [5, 5.41) is 3.62. The highest BCUT2D eigenvalue weighted by molar-refractivity contribution is 6.32. The lowest BCUT2D eigenvalue weighted by molar-refractivity contribution is 0.0180. The molecule has 0 amide bonds. The summed E-state index contributed by atoms with van der Waals surface area (Å²) in [5.41, 5.74) is 9.38. The lowest BCUT2D eigenvalue weighted by atomic mass is 10.0. The van der Waals surface area contributed by atoms with E-state index in [1.54, 1.807) is 19.2 Å². The fourth-order valence-electron chi connectivity index (χ4n) is 3.31. The summed E-state index contributed by atoms with van der Waals surface area (Å²) in [6.07, 6.45) is 0. The topological polar surface area (TPSA) is 72.1 Å². The highest BCUT2D eigenvalue weighted by Crippen LogP contribution is 2.27. The van der Waals surface area contributed by atoms with Gasteiger partial charge < -0.3 is 20.5 Å². The van der Waals surface area contributed by atoms with Gasteiger partial charge in [-0.1, -0.05) is 41.4 Å². The van der Waals surface area contributed by atoms with Crippen LogP contribution in [0.5, 0.6) is 5.75 Å². The Balaban J connectivity index is 1.73. The second-order valence-corrected chi connectivity index (χ2v) is 7.19. The number of ether oxygens (including phenoxy) is 2.